The molecule has 0 spiro atoms. The molecule has 2 rings (SSSR count). The highest BCUT2D eigenvalue weighted by Crippen LogP contribution is 2.23. The van der Waals surface area contributed by atoms with Crippen molar-refractivity contribution < 1.29 is 0 Å². The average Bonchev–Trinajstić information content (AvgIpc) is 2.50. The summed E-state index contributed by atoms with van der Waals surface area (Å²) in [7, 11) is 0. The van der Waals surface area contributed by atoms with Gasteiger partial charge in [-0.15, -0.1) is 0 Å². The first kappa shape index (κ1) is 7.08. The van der Waals surface area contributed by atoms with Gasteiger partial charge in [0.05, 0.1) is 12.0 Å². The number of rotatable bonds is 0. The van der Waals surface area contributed by atoms with Crippen molar-refractivity contribution in [3.8, 4) is 6.07 Å². The zero-order valence-corrected chi connectivity index (χ0v) is 6.51. The van der Waals surface area contributed by atoms with Crippen molar-refractivity contribution in [2.45, 2.75) is 12.5 Å². The van der Waals surface area contributed by atoms with Crippen molar-refractivity contribution in [3.63, 3.8) is 0 Å². The van der Waals surface area contributed by atoms with Crippen LogP contribution in [0.5, 0.6) is 0 Å². The van der Waals surface area contributed by atoms with E-state index in [9.17, 15) is 0 Å². The van der Waals surface area contributed by atoms with Crippen molar-refractivity contribution in [2.24, 2.45) is 11.8 Å². The van der Waals surface area contributed by atoms with Crippen molar-refractivity contribution >= 4 is 0 Å². The first-order valence-electron chi connectivity index (χ1n) is 4.25. The SMILES string of the molecule is N#CC1CNCC2CCNC12. The Balaban J connectivity index is 2.08. The summed E-state index contributed by atoms with van der Waals surface area (Å²) in [5.74, 6) is 0.893. The van der Waals surface area contributed by atoms with Crippen LogP contribution in [-0.4, -0.2) is 25.7 Å². The summed E-state index contributed by atoms with van der Waals surface area (Å²) in [4.78, 5) is 0. The van der Waals surface area contributed by atoms with E-state index in [4.69, 9.17) is 5.26 Å². The first-order valence-corrected chi connectivity index (χ1v) is 4.25. The second kappa shape index (κ2) is 2.80. The topological polar surface area (TPSA) is 47.9 Å². The second-order valence-corrected chi connectivity index (χ2v) is 3.42. The number of hydrogen-bond acceptors (Lipinski definition) is 3. The standard InChI is InChI=1S/C8H13N3/c9-3-7-5-10-4-6-1-2-11-8(6)7/h6-8,10-11H,1-2,4-5H2. The summed E-state index contributed by atoms with van der Waals surface area (Å²) in [5.41, 5.74) is 0. The van der Waals surface area contributed by atoms with Gasteiger partial charge in [0.2, 0.25) is 0 Å². The summed E-state index contributed by atoms with van der Waals surface area (Å²) in [6.45, 7) is 3.05. The summed E-state index contributed by atoms with van der Waals surface area (Å²) in [6, 6.07) is 2.82. The van der Waals surface area contributed by atoms with E-state index in [1.165, 1.54) is 6.42 Å². The van der Waals surface area contributed by atoms with Gasteiger partial charge in [0.1, 0.15) is 0 Å². The number of nitriles is 1. The van der Waals surface area contributed by atoms with Gasteiger partial charge in [0.25, 0.3) is 0 Å². The highest BCUT2D eigenvalue weighted by Gasteiger charge is 2.36. The molecule has 2 aliphatic rings. The van der Waals surface area contributed by atoms with Crippen LogP contribution in [0, 0.1) is 23.2 Å². The molecule has 11 heavy (non-hydrogen) atoms. The van der Waals surface area contributed by atoms with E-state index in [2.05, 4.69) is 16.7 Å². The average molecular weight is 151 g/mol. The lowest BCUT2D eigenvalue weighted by molar-refractivity contribution is 0.291. The molecule has 3 heteroatoms. The van der Waals surface area contributed by atoms with Gasteiger partial charge in [-0.1, -0.05) is 0 Å². The Kier molecular flexibility index (Phi) is 1.80. The smallest absolute Gasteiger partial charge is 0.0744 e. The third kappa shape index (κ3) is 1.13. The predicted octanol–water partition coefficient (Wildman–Crippen LogP) is -0.293. The van der Waals surface area contributed by atoms with Crippen LogP contribution < -0.4 is 10.6 Å². The molecule has 0 bridgehead atoms. The molecule has 0 saturated carbocycles. The molecule has 0 aliphatic carbocycles. The molecule has 2 saturated heterocycles. The predicted molar refractivity (Wildman–Crippen MR) is 41.9 cm³/mol. The van der Waals surface area contributed by atoms with Gasteiger partial charge >= 0.3 is 0 Å². The Morgan fingerprint density at radius 2 is 2.27 bits per heavy atom. The zero-order valence-electron chi connectivity index (χ0n) is 6.51. The van der Waals surface area contributed by atoms with Gasteiger partial charge in [-0.2, -0.15) is 5.26 Å². The summed E-state index contributed by atoms with van der Waals surface area (Å²) < 4.78 is 0. The minimum absolute atomic E-state index is 0.191. The van der Waals surface area contributed by atoms with Crippen LogP contribution in [0.3, 0.4) is 0 Å². The van der Waals surface area contributed by atoms with Crippen LogP contribution in [0.25, 0.3) is 0 Å². The molecule has 0 aromatic heterocycles. The van der Waals surface area contributed by atoms with E-state index in [-0.39, 0.29) is 5.92 Å². The lowest BCUT2D eigenvalue weighted by atomic mass is 9.87. The van der Waals surface area contributed by atoms with Gasteiger partial charge < -0.3 is 10.6 Å². The Hall–Kier alpha value is -0.590. The summed E-state index contributed by atoms with van der Waals surface area (Å²) in [6.07, 6.45) is 1.23. The molecular formula is C8H13N3. The molecule has 3 nitrogen and oxygen atoms in total. The molecule has 2 fully saturated rings. The molecule has 2 N–H and O–H groups in total. The quantitative estimate of drug-likeness (QED) is 0.500. The fourth-order valence-electron chi connectivity index (χ4n) is 2.16. The maximum absolute atomic E-state index is 8.81. The number of nitrogens with one attached hydrogen (secondary N) is 2. The normalized spacial score (nSPS) is 43.0. The molecule has 2 heterocycles. The molecule has 3 atom stereocenters. The van der Waals surface area contributed by atoms with Gasteiger partial charge in [-0.25, -0.2) is 0 Å². The lowest BCUT2D eigenvalue weighted by Crippen LogP contribution is -2.48. The van der Waals surface area contributed by atoms with Gasteiger partial charge in [-0.3, -0.25) is 0 Å². The maximum Gasteiger partial charge on any atom is 0.0744 e. The molecule has 2 aliphatic heterocycles. The highest BCUT2D eigenvalue weighted by atomic mass is 15.0. The number of piperidine rings is 1. The molecule has 0 radical (unpaired) electrons. The van der Waals surface area contributed by atoms with Gasteiger partial charge in [-0.05, 0) is 25.4 Å². The Labute approximate surface area is 66.8 Å². The highest BCUT2D eigenvalue weighted by molar-refractivity contribution is 5.02. The number of nitrogens with zero attached hydrogens (tertiary/aromatic N) is 1. The van der Waals surface area contributed by atoms with Crippen LogP contribution in [0.2, 0.25) is 0 Å². The van der Waals surface area contributed by atoms with E-state index >= 15 is 0 Å². The van der Waals surface area contributed by atoms with Crippen LogP contribution >= 0.6 is 0 Å². The van der Waals surface area contributed by atoms with E-state index < -0.39 is 0 Å². The molecule has 60 valence electrons. The molecule has 0 aromatic carbocycles. The van der Waals surface area contributed by atoms with Gasteiger partial charge in [0.15, 0.2) is 0 Å². The zero-order chi connectivity index (χ0) is 7.68. The van der Waals surface area contributed by atoms with Crippen molar-refractivity contribution in [2.75, 3.05) is 19.6 Å². The molecule has 0 aromatic rings. The van der Waals surface area contributed by atoms with E-state index in [1.807, 2.05) is 0 Å². The largest absolute Gasteiger partial charge is 0.315 e. The minimum Gasteiger partial charge on any atom is -0.315 e. The molecular weight excluding hydrogens is 138 g/mol. The summed E-state index contributed by atoms with van der Waals surface area (Å²) >= 11 is 0. The van der Waals surface area contributed by atoms with Crippen LogP contribution in [0.1, 0.15) is 6.42 Å². The molecule has 0 amide bonds. The van der Waals surface area contributed by atoms with Crippen molar-refractivity contribution in [1.82, 2.24) is 10.6 Å². The van der Waals surface area contributed by atoms with Gasteiger partial charge in [0, 0.05) is 12.6 Å². The first-order chi connectivity index (χ1) is 5.42. The van der Waals surface area contributed by atoms with E-state index in [0.29, 0.717) is 12.0 Å². The van der Waals surface area contributed by atoms with E-state index in [0.717, 1.165) is 19.6 Å². The number of fused-ring (bicyclic) bond motifs is 1. The monoisotopic (exact) mass is 151 g/mol. The Morgan fingerprint density at radius 3 is 3.09 bits per heavy atom. The second-order valence-electron chi connectivity index (χ2n) is 3.42. The number of hydrogen-bond donors (Lipinski definition) is 2. The maximum atomic E-state index is 8.81. The van der Waals surface area contributed by atoms with Crippen molar-refractivity contribution in [3.05, 3.63) is 0 Å². The third-order valence-corrected chi connectivity index (χ3v) is 2.77. The fraction of sp³-hybridized carbons (Fsp3) is 0.875. The van der Waals surface area contributed by atoms with E-state index in [1.54, 1.807) is 0 Å². The van der Waals surface area contributed by atoms with Crippen molar-refractivity contribution in [1.29, 1.82) is 5.26 Å². The lowest BCUT2D eigenvalue weighted by Gasteiger charge is -2.29. The fourth-order valence-corrected chi connectivity index (χ4v) is 2.16. The van der Waals surface area contributed by atoms with Crippen LogP contribution in [0.15, 0.2) is 0 Å². The Morgan fingerprint density at radius 1 is 1.36 bits per heavy atom. The summed E-state index contributed by atoms with van der Waals surface area (Å²) in [5, 5.41) is 15.5. The molecule has 3 unspecified atom stereocenters. The van der Waals surface area contributed by atoms with Crippen LogP contribution in [-0.2, 0) is 0 Å². The Bertz CT molecular complexity index is 184. The third-order valence-electron chi connectivity index (χ3n) is 2.77. The van der Waals surface area contributed by atoms with Crippen LogP contribution in [0.4, 0.5) is 0 Å². The minimum atomic E-state index is 0.191.